The number of pyridine rings is 1. The van der Waals surface area contributed by atoms with Crippen molar-refractivity contribution in [3.63, 3.8) is 0 Å². The van der Waals surface area contributed by atoms with Gasteiger partial charge in [0.05, 0.1) is 5.02 Å². The number of aromatic nitrogens is 1. The second kappa shape index (κ2) is 7.53. The largest absolute Gasteiger partial charge is 0.353 e. The molecule has 0 radical (unpaired) electrons. The average molecular weight is 305 g/mol. The lowest BCUT2D eigenvalue weighted by Gasteiger charge is -2.35. The minimum Gasteiger partial charge on any atom is -0.353 e. The first-order chi connectivity index (χ1) is 8.70. The summed E-state index contributed by atoms with van der Waals surface area (Å²) < 4.78 is 0. The Hall–Kier alpha value is -1.04. The molecule has 1 aromatic heterocycles. The van der Waals surface area contributed by atoms with Gasteiger partial charge in [0.1, 0.15) is 5.82 Å². The monoisotopic (exact) mass is 304 g/mol. The molecular weight excluding hydrogens is 287 g/mol. The van der Waals surface area contributed by atoms with Gasteiger partial charge in [0.2, 0.25) is 5.91 Å². The summed E-state index contributed by atoms with van der Waals surface area (Å²) in [4.78, 5) is 20.0. The smallest absolute Gasteiger partial charge is 0.223 e. The number of rotatable bonds is 3. The van der Waals surface area contributed by atoms with Crippen molar-refractivity contribution < 1.29 is 4.79 Å². The van der Waals surface area contributed by atoms with Crippen molar-refractivity contribution in [3.05, 3.63) is 23.4 Å². The summed E-state index contributed by atoms with van der Waals surface area (Å²) in [5.41, 5.74) is 5.39. The number of carbonyl (C=O) groups is 1. The highest BCUT2D eigenvalue weighted by molar-refractivity contribution is 6.30. The quantitative estimate of drug-likeness (QED) is 0.910. The van der Waals surface area contributed by atoms with Crippen LogP contribution >= 0.6 is 24.0 Å². The van der Waals surface area contributed by atoms with Crippen molar-refractivity contribution in [2.45, 2.75) is 6.42 Å². The van der Waals surface area contributed by atoms with E-state index >= 15 is 0 Å². The molecule has 0 saturated carbocycles. The SMILES string of the molecule is Cl.NCCC(=O)N1CCN(c2ccc(Cl)cn2)CC1. The molecule has 0 aromatic carbocycles. The van der Waals surface area contributed by atoms with Crippen LogP contribution in [0.5, 0.6) is 0 Å². The molecule has 1 fully saturated rings. The van der Waals surface area contributed by atoms with Crippen LogP contribution in [0.3, 0.4) is 0 Å². The van der Waals surface area contributed by atoms with Gasteiger partial charge in [-0.15, -0.1) is 12.4 Å². The molecule has 0 atom stereocenters. The molecule has 1 amide bonds. The Morgan fingerprint density at radius 1 is 1.32 bits per heavy atom. The minimum atomic E-state index is 0. The molecule has 1 aliphatic rings. The van der Waals surface area contributed by atoms with Gasteiger partial charge in [0.25, 0.3) is 0 Å². The van der Waals surface area contributed by atoms with E-state index in [1.165, 1.54) is 0 Å². The Labute approximate surface area is 124 Å². The fourth-order valence-corrected chi connectivity index (χ4v) is 2.13. The molecule has 2 heterocycles. The van der Waals surface area contributed by atoms with Crippen molar-refractivity contribution in [2.24, 2.45) is 5.73 Å². The van der Waals surface area contributed by atoms with Crippen LogP contribution in [0, 0.1) is 0 Å². The molecule has 2 rings (SSSR count). The standard InChI is InChI=1S/C12H17ClN4O.ClH/c13-10-1-2-11(15-9-10)16-5-7-17(8-6-16)12(18)3-4-14;/h1-2,9H,3-8,14H2;1H. The van der Waals surface area contributed by atoms with Gasteiger partial charge in [-0.1, -0.05) is 11.6 Å². The van der Waals surface area contributed by atoms with Crippen LogP contribution in [0.1, 0.15) is 6.42 Å². The van der Waals surface area contributed by atoms with Gasteiger partial charge < -0.3 is 15.5 Å². The van der Waals surface area contributed by atoms with E-state index < -0.39 is 0 Å². The summed E-state index contributed by atoms with van der Waals surface area (Å²) in [6.07, 6.45) is 2.07. The van der Waals surface area contributed by atoms with Crippen molar-refractivity contribution >= 4 is 35.7 Å². The second-order valence-electron chi connectivity index (χ2n) is 4.24. The predicted octanol–water partition coefficient (Wildman–Crippen LogP) is 1.15. The lowest BCUT2D eigenvalue weighted by molar-refractivity contribution is -0.131. The molecule has 1 saturated heterocycles. The predicted molar refractivity (Wildman–Crippen MR) is 79.0 cm³/mol. The molecular formula is C12H18Cl2N4O. The summed E-state index contributed by atoms with van der Waals surface area (Å²) in [5, 5.41) is 0.635. The Balaban J connectivity index is 0.00000180. The Morgan fingerprint density at radius 2 is 2.00 bits per heavy atom. The molecule has 1 aromatic rings. The lowest BCUT2D eigenvalue weighted by Crippen LogP contribution is -2.49. The van der Waals surface area contributed by atoms with E-state index in [0.717, 1.165) is 32.0 Å². The third-order valence-electron chi connectivity index (χ3n) is 3.03. The molecule has 19 heavy (non-hydrogen) atoms. The van der Waals surface area contributed by atoms with E-state index in [2.05, 4.69) is 9.88 Å². The number of hydrogen-bond donors (Lipinski definition) is 1. The van der Waals surface area contributed by atoms with Crippen molar-refractivity contribution in [1.29, 1.82) is 0 Å². The fraction of sp³-hybridized carbons (Fsp3) is 0.500. The molecule has 1 aliphatic heterocycles. The van der Waals surface area contributed by atoms with Crippen LogP contribution in [-0.2, 0) is 4.79 Å². The summed E-state index contributed by atoms with van der Waals surface area (Å²) in [6.45, 7) is 3.46. The maximum Gasteiger partial charge on any atom is 0.223 e. The number of halogens is 2. The van der Waals surface area contributed by atoms with Gasteiger partial charge in [-0.2, -0.15) is 0 Å². The third-order valence-corrected chi connectivity index (χ3v) is 3.25. The molecule has 0 bridgehead atoms. The Kier molecular flexibility index (Phi) is 6.34. The number of nitrogens with two attached hydrogens (primary N) is 1. The van der Waals surface area contributed by atoms with Crippen LogP contribution in [0.4, 0.5) is 5.82 Å². The molecule has 7 heteroatoms. The number of carbonyl (C=O) groups excluding carboxylic acids is 1. The fourth-order valence-electron chi connectivity index (χ4n) is 2.02. The average Bonchev–Trinajstić information content (AvgIpc) is 2.40. The van der Waals surface area contributed by atoms with E-state index in [0.29, 0.717) is 18.0 Å². The maximum atomic E-state index is 11.7. The van der Waals surface area contributed by atoms with Gasteiger partial charge in [0, 0.05) is 45.3 Å². The van der Waals surface area contributed by atoms with Crippen LogP contribution in [-0.4, -0.2) is 48.5 Å². The molecule has 0 aliphatic carbocycles. The van der Waals surface area contributed by atoms with Gasteiger partial charge in [0.15, 0.2) is 0 Å². The zero-order chi connectivity index (χ0) is 13.0. The van der Waals surface area contributed by atoms with Crippen LogP contribution < -0.4 is 10.6 Å². The van der Waals surface area contributed by atoms with Crippen LogP contribution in [0.25, 0.3) is 0 Å². The van der Waals surface area contributed by atoms with E-state index in [-0.39, 0.29) is 18.3 Å². The maximum absolute atomic E-state index is 11.7. The molecule has 5 nitrogen and oxygen atoms in total. The van der Waals surface area contributed by atoms with E-state index in [1.807, 2.05) is 17.0 Å². The third kappa shape index (κ3) is 4.23. The van der Waals surface area contributed by atoms with Crippen molar-refractivity contribution in [2.75, 3.05) is 37.6 Å². The summed E-state index contributed by atoms with van der Waals surface area (Å²) in [7, 11) is 0. The Bertz CT molecular complexity index is 405. The highest BCUT2D eigenvalue weighted by Crippen LogP contribution is 2.16. The summed E-state index contributed by atoms with van der Waals surface area (Å²) in [6, 6.07) is 3.73. The van der Waals surface area contributed by atoms with Gasteiger partial charge in [-0.05, 0) is 12.1 Å². The van der Waals surface area contributed by atoms with Crippen molar-refractivity contribution in [3.8, 4) is 0 Å². The van der Waals surface area contributed by atoms with Crippen LogP contribution in [0.2, 0.25) is 5.02 Å². The number of piperazine rings is 1. The molecule has 0 spiro atoms. The first-order valence-corrected chi connectivity index (χ1v) is 6.43. The second-order valence-corrected chi connectivity index (χ2v) is 4.68. The van der Waals surface area contributed by atoms with Crippen LogP contribution in [0.15, 0.2) is 18.3 Å². The topological polar surface area (TPSA) is 62.5 Å². The first-order valence-electron chi connectivity index (χ1n) is 6.05. The number of anilines is 1. The summed E-state index contributed by atoms with van der Waals surface area (Å²) in [5.74, 6) is 1.05. The van der Waals surface area contributed by atoms with Crippen molar-refractivity contribution in [1.82, 2.24) is 9.88 Å². The zero-order valence-corrected chi connectivity index (χ0v) is 12.2. The van der Waals surface area contributed by atoms with E-state index in [9.17, 15) is 4.79 Å². The number of nitrogens with zero attached hydrogens (tertiary/aromatic N) is 3. The van der Waals surface area contributed by atoms with Gasteiger partial charge >= 0.3 is 0 Å². The van der Waals surface area contributed by atoms with E-state index in [1.54, 1.807) is 6.20 Å². The highest BCUT2D eigenvalue weighted by Gasteiger charge is 2.20. The number of amides is 1. The molecule has 0 unspecified atom stereocenters. The molecule has 106 valence electrons. The zero-order valence-electron chi connectivity index (χ0n) is 10.6. The highest BCUT2D eigenvalue weighted by atomic mass is 35.5. The van der Waals surface area contributed by atoms with Gasteiger partial charge in [-0.25, -0.2) is 4.98 Å². The number of hydrogen-bond acceptors (Lipinski definition) is 4. The lowest BCUT2D eigenvalue weighted by atomic mass is 10.2. The normalized spacial score (nSPS) is 15.1. The summed E-state index contributed by atoms with van der Waals surface area (Å²) >= 11 is 5.80. The molecule has 2 N–H and O–H groups in total. The van der Waals surface area contributed by atoms with Gasteiger partial charge in [-0.3, -0.25) is 4.79 Å². The minimum absolute atomic E-state index is 0. The first kappa shape index (κ1) is 16.0. The van der Waals surface area contributed by atoms with E-state index in [4.69, 9.17) is 17.3 Å². The Morgan fingerprint density at radius 3 is 2.53 bits per heavy atom.